The molecule has 0 saturated heterocycles. The van der Waals surface area contributed by atoms with Crippen LogP contribution in [0.5, 0.6) is 11.5 Å². The second-order valence-electron chi connectivity index (χ2n) is 4.76. The van der Waals surface area contributed by atoms with E-state index < -0.39 is 6.10 Å². The van der Waals surface area contributed by atoms with Crippen LogP contribution in [0.25, 0.3) is 0 Å². The molecule has 21 heavy (non-hydrogen) atoms. The zero-order chi connectivity index (χ0) is 14.9. The summed E-state index contributed by atoms with van der Waals surface area (Å²) in [4.78, 5) is 0. The van der Waals surface area contributed by atoms with Crippen molar-refractivity contribution >= 4 is 0 Å². The topological polar surface area (TPSA) is 50.7 Å². The van der Waals surface area contributed by atoms with E-state index in [4.69, 9.17) is 9.47 Å². The summed E-state index contributed by atoms with van der Waals surface area (Å²) in [6.07, 6.45) is -0.546. The molecule has 0 aromatic heterocycles. The Morgan fingerprint density at radius 1 is 1.00 bits per heavy atom. The SMILES string of the molecule is COc1ccc(OCC(O)CNCc2ccccc2)cc1. The molecular formula is C17H21NO3. The molecule has 0 aliphatic rings. The highest BCUT2D eigenvalue weighted by molar-refractivity contribution is 5.31. The molecular weight excluding hydrogens is 266 g/mol. The third-order valence-corrected chi connectivity index (χ3v) is 3.05. The molecule has 1 unspecified atom stereocenters. The van der Waals surface area contributed by atoms with Crippen LogP contribution in [0.1, 0.15) is 5.56 Å². The summed E-state index contributed by atoms with van der Waals surface area (Å²) >= 11 is 0. The van der Waals surface area contributed by atoms with Crippen molar-refractivity contribution in [2.24, 2.45) is 0 Å². The first-order valence-corrected chi connectivity index (χ1v) is 6.97. The van der Waals surface area contributed by atoms with Crippen LogP contribution in [0.3, 0.4) is 0 Å². The molecule has 0 aliphatic carbocycles. The molecule has 0 amide bonds. The molecule has 2 aromatic rings. The van der Waals surface area contributed by atoms with Gasteiger partial charge < -0.3 is 19.9 Å². The van der Waals surface area contributed by atoms with Gasteiger partial charge in [0.05, 0.1) is 7.11 Å². The molecule has 4 nitrogen and oxygen atoms in total. The Morgan fingerprint density at radius 3 is 2.33 bits per heavy atom. The molecule has 0 spiro atoms. The first-order valence-electron chi connectivity index (χ1n) is 6.97. The van der Waals surface area contributed by atoms with E-state index in [9.17, 15) is 5.11 Å². The highest BCUT2D eigenvalue weighted by Crippen LogP contribution is 2.16. The summed E-state index contributed by atoms with van der Waals surface area (Å²) in [5.41, 5.74) is 1.20. The van der Waals surface area contributed by atoms with E-state index in [0.717, 1.165) is 18.0 Å². The first kappa shape index (κ1) is 15.4. The van der Waals surface area contributed by atoms with Gasteiger partial charge in [-0.2, -0.15) is 0 Å². The van der Waals surface area contributed by atoms with Crippen LogP contribution in [0.4, 0.5) is 0 Å². The van der Waals surface area contributed by atoms with E-state index >= 15 is 0 Å². The first-order chi connectivity index (χ1) is 10.3. The number of benzene rings is 2. The van der Waals surface area contributed by atoms with Gasteiger partial charge in [0.25, 0.3) is 0 Å². The Morgan fingerprint density at radius 2 is 1.67 bits per heavy atom. The van der Waals surface area contributed by atoms with Crippen molar-refractivity contribution in [2.45, 2.75) is 12.6 Å². The zero-order valence-corrected chi connectivity index (χ0v) is 12.2. The van der Waals surface area contributed by atoms with Gasteiger partial charge in [0.15, 0.2) is 0 Å². The maximum atomic E-state index is 9.88. The number of hydrogen-bond donors (Lipinski definition) is 2. The molecule has 2 rings (SSSR count). The van der Waals surface area contributed by atoms with Gasteiger partial charge in [-0.3, -0.25) is 0 Å². The molecule has 0 heterocycles. The summed E-state index contributed by atoms with van der Waals surface area (Å²) in [5, 5.41) is 13.1. The van der Waals surface area contributed by atoms with E-state index in [0.29, 0.717) is 6.54 Å². The summed E-state index contributed by atoms with van der Waals surface area (Å²) in [6.45, 7) is 1.49. The Labute approximate surface area is 125 Å². The van der Waals surface area contributed by atoms with Gasteiger partial charge in [-0.15, -0.1) is 0 Å². The van der Waals surface area contributed by atoms with Gasteiger partial charge >= 0.3 is 0 Å². The fraction of sp³-hybridized carbons (Fsp3) is 0.294. The minimum Gasteiger partial charge on any atom is -0.497 e. The van der Waals surface area contributed by atoms with E-state index in [1.165, 1.54) is 5.56 Å². The lowest BCUT2D eigenvalue weighted by Crippen LogP contribution is -2.31. The fourth-order valence-corrected chi connectivity index (χ4v) is 1.90. The maximum Gasteiger partial charge on any atom is 0.119 e. The monoisotopic (exact) mass is 287 g/mol. The number of hydrogen-bond acceptors (Lipinski definition) is 4. The van der Waals surface area contributed by atoms with Crippen LogP contribution >= 0.6 is 0 Å². The zero-order valence-electron chi connectivity index (χ0n) is 12.2. The number of ether oxygens (including phenoxy) is 2. The fourth-order valence-electron chi connectivity index (χ4n) is 1.90. The molecule has 0 fully saturated rings. The van der Waals surface area contributed by atoms with Crippen LogP contribution in [0.15, 0.2) is 54.6 Å². The Kier molecular flexibility index (Phi) is 6.06. The molecule has 0 aliphatic heterocycles. The highest BCUT2D eigenvalue weighted by Gasteiger charge is 2.05. The minimum absolute atomic E-state index is 0.258. The van der Waals surface area contributed by atoms with E-state index in [-0.39, 0.29) is 6.61 Å². The minimum atomic E-state index is -0.546. The normalized spacial score (nSPS) is 11.9. The quantitative estimate of drug-likeness (QED) is 0.781. The standard InChI is InChI=1S/C17H21NO3/c1-20-16-7-9-17(10-8-16)21-13-15(19)12-18-11-14-5-3-2-4-6-14/h2-10,15,18-19H,11-13H2,1H3. The van der Waals surface area contributed by atoms with Crippen molar-refractivity contribution < 1.29 is 14.6 Å². The van der Waals surface area contributed by atoms with Gasteiger partial charge in [0.1, 0.15) is 24.2 Å². The molecule has 2 aromatic carbocycles. The van der Waals surface area contributed by atoms with Gasteiger partial charge in [0.2, 0.25) is 0 Å². The number of aliphatic hydroxyl groups excluding tert-OH is 1. The van der Waals surface area contributed by atoms with Gasteiger partial charge in [-0.05, 0) is 29.8 Å². The molecule has 112 valence electrons. The molecule has 2 N–H and O–H groups in total. The predicted molar refractivity (Wildman–Crippen MR) is 82.6 cm³/mol. The number of nitrogens with one attached hydrogen (secondary N) is 1. The second kappa shape index (κ2) is 8.29. The summed E-state index contributed by atoms with van der Waals surface area (Å²) in [5.74, 6) is 1.50. The Bertz CT molecular complexity index is 513. The van der Waals surface area contributed by atoms with E-state index in [2.05, 4.69) is 5.32 Å². The number of methoxy groups -OCH3 is 1. The van der Waals surface area contributed by atoms with Crippen molar-refractivity contribution in [3.63, 3.8) is 0 Å². The van der Waals surface area contributed by atoms with Crippen molar-refractivity contribution in [3.8, 4) is 11.5 Å². The number of aliphatic hydroxyl groups is 1. The lowest BCUT2D eigenvalue weighted by atomic mass is 10.2. The van der Waals surface area contributed by atoms with Crippen molar-refractivity contribution in [3.05, 3.63) is 60.2 Å². The van der Waals surface area contributed by atoms with Crippen LogP contribution in [-0.2, 0) is 6.54 Å². The third-order valence-electron chi connectivity index (χ3n) is 3.05. The van der Waals surface area contributed by atoms with E-state index in [1.54, 1.807) is 7.11 Å². The average molecular weight is 287 g/mol. The molecule has 0 bridgehead atoms. The summed E-state index contributed by atoms with van der Waals surface area (Å²) in [7, 11) is 1.62. The molecule has 0 radical (unpaired) electrons. The summed E-state index contributed by atoms with van der Waals surface area (Å²) in [6, 6.07) is 17.4. The van der Waals surface area contributed by atoms with Gasteiger partial charge in [0, 0.05) is 13.1 Å². The van der Waals surface area contributed by atoms with Crippen LogP contribution < -0.4 is 14.8 Å². The van der Waals surface area contributed by atoms with E-state index in [1.807, 2.05) is 54.6 Å². The van der Waals surface area contributed by atoms with Crippen molar-refractivity contribution in [1.29, 1.82) is 0 Å². The average Bonchev–Trinajstić information content (AvgIpc) is 2.54. The molecule has 4 heteroatoms. The number of rotatable bonds is 8. The lowest BCUT2D eigenvalue weighted by Gasteiger charge is -2.13. The predicted octanol–water partition coefficient (Wildman–Crippen LogP) is 2.22. The highest BCUT2D eigenvalue weighted by atomic mass is 16.5. The lowest BCUT2D eigenvalue weighted by molar-refractivity contribution is 0.106. The Hall–Kier alpha value is -2.04. The van der Waals surface area contributed by atoms with Crippen LogP contribution in [0, 0.1) is 0 Å². The molecule has 0 saturated carbocycles. The van der Waals surface area contributed by atoms with Crippen molar-refractivity contribution in [2.75, 3.05) is 20.3 Å². The van der Waals surface area contributed by atoms with Crippen LogP contribution in [-0.4, -0.2) is 31.5 Å². The summed E-state index contributed by atoms with van der Waals surface area (Å²) < 4.78 is 10.6. The van der Waals surface area contributed by atoms with Crippen LogP contribution in [0.2, 0.25) is 0 Å². The van der Waals surface area contributed by atoms with Gasteiger partial charge in [-0.25, -0.2) is 0 Å². The third kappa shape index (κ3) is 5.45. The van der Waals surface area contributed by atoms with Gasteiger partial charge in [-0.1, -0.05) is 30.3 Å². The maximum absolute atomic E-state index is 9.88. The largest absolute Gasteiger partial charge is 0.497 e. The molecule has 1 atom stereocenters. The smallest absolute Gasteiger partial charge is 0.119 e. The second-order valence-corrected chi connectivity index (χ2v) is 4.76. The Balaban J connectivity index is 1.66. The van der Waals surface area contributed by atoms with Crippen molar-refractivity contribution in [1.82, 2.24) is 5.32 Å².